The van der Waals surface area contributed by atoms with E-state index in [0.29, 0.717) is 5.88 Å². The third-order valence-corrected chi connectivity index (χ3v) is 4.97. The Morgan fingerprint density at radius 1 is 0.789 bits per heavy atom. The second-order valence-corrected chi connectivity index (χ2v) is 6.45. The molecule has 19 heavy (non-hydrogen) atoms. The van der Waals surface area contributed by atoms with Gasteiger partial charge >= 0.3 is 0 Å². The van der Waals surface area contributed by atoms with Crippen molar-refractivity contribution >= 4 is 30.4 Å². The lowest BCUT2D eigenvalue weighted by Crippen LogP contribution is -2.14. The highest BCUT2D eigenvalue weighted by Crippen LogP contribution is 2.34. The van der Waals surface area contributed by atoms with Gasteiger partial charge in [-0.1, -0.05) is 60.7 Å². The van der Waals surface area contributed by atoms with E-state index >= 15 is 0 Å². The fraction of sp³-hybridized carbons (Fsp3) is 0.250. The zero-order valence-corrected chi connectivity index (χ0v) is 12.5. The molecule has 0 aliphatic carbocycles. The molecule has 2 aromatic carbocycles. The summed E-state index contributed by atoms with van der Waals surface area (Å²) in [6.07, 6.45) is 2.02. The maximum Gasteiger partial charge on any atom is 0.0917 e. The van der Waals surface area contributed by atoms with Gasteiger partial charge in [-0.2, -0.15) is 0 Å². The molecular formula is C16H18ClOP. The molecule has 0 aromatic heterocycles. The van der Waals surface area contributed by atoms with Crippen LogP contribution in [-0.4, -0.2) is 12.5 Å². The van der Waals surface area contributed by atoms with Gasteiger partial charge in [-0.25, -0.2) is 0 Å². The van der Waals surface area contributed by atoms with Gasteiger partial charge in [0.15, 0.2) is 0 Å². The first kappa shape index (κ1) is 14.5. The highest BCUT2D eigenvalue weighted by molar-refractivity contribution is 7.68. The number of unbranched alkanes of at least 4 members (excludes halogenated alkanes) is 1. The molecule has 0 fully saturated rings. The van der Waals surface area contributed by atoms with E-state index in [0.717, 1.165) is 19.4 Å². The zero-order chi connectivity index (χ0) is 13.3. The second kappa shape index (κ2) is 8.32. The Labute approximate surface area is 121 Å². The van der Waals surface area contributed by atoms with Gasteiger partial charge in [0.2, 0.25) is 0 Å². The first-order valence-corrected chi connectivity index (χ1v) is 8.30. The largest absolute Gasteiger partial charge is 0.350 e. The Balaban J connectivity index is 2.10. The van der Waals surface area contributed by atoms with Crippen molar-refractivity contribution in [1.82, 2.24) is 0 Å². The minimum Gasteiger partial charge on any atom is -0.350 e. The van der Waals surface area contributed by atoms with Gasteiger partial charge in [0.25, 0.3) is 0 Å². The molecule has 1 nitrogen and oxygen atoms in total. The lowest BCUT2D eigenvalue weighted by Gasteiger charge is -2.18. The number of halogens is 1. The van der Waals surface area contributed by atoms with Crippen LogP contribution in [0.5, 0.6) is 0 Å². The van der Waals surface area contributed by atoms with Crippen molar-refractivity contribution in [2.24, 2.45) is 0 Å². The van der Waals surface area contributed by atoms with Crippen LogP contribution in [0.3, 0.4) is 0 Å². The van der Waals surface area contributed by atoms with Crippen molar-refractivity contribution in [1.29, 1.82) is 0 Å². The maximum atomic E-state index is 6.12. The van der Waals surface area contributed by atoms with Crippen LogP contribution in [0, 0.1) is 0 Å². The molecule has 0 saturated heterocycles. The number of benzene rings is 2. The van der Waals surface area contributed by atoms with E-state index in [9.17, 15) is 0 Å². The van der Waals surface area contributed by atoms with Gasteiger partial charge in [0.05, 0.1) is 14.8 Å². The van der Waals surface area contributed by atoms with E-state index < -0.39 is 8.15 Å². The maximum absolute atomic E-state index is 6.12. The predicted molar refractivity (Wildman–Crippen MR) is 85.0 cm³/mol. The smallest absolute Gasteiger partial charge is 0.0917 e. The summed E-state index contributed by atoms with van der Waals surface area (Å²) >= 11 is 5.70. The summed E-state index contributed by atoms with van der Waals surface area (Å²) in [6, 6.07) is 20.9. The SMILES string of the molecule is ClCCCCOP(c1ccccc1)c1ccccc1. The molecule has 3 heteroatoms. The van der Waals surface area contributed by atoms with Gasteiger partial charge < -0.3 is 4.52 Å². The monoisotopic (exact) mass is 292 g/mol. The Morgan fingerprint density at radius 3 is 1.79 bits per heavy atom. The fourth-order valence-corrected chi connectivity index (χ4v) is 3.76. The zero-order valence-electron chi connectivity index (χ0n) is 10.8. The van der Waals surface area contributed by atoms with Gasteiger partial charge in [-0.15, -0.1) is 11.6 Å². The summed E-state index contributed by atoms with van der Waals surface area (Å²) in [5, 5.41) is 2.52. The number of hydrogen-bond donors (Lipinski definition) is 0. The molecule has 100 valence electrons. The van der Waals surface area contributed by atoms with Gasteiger partial charge in [0.1, 0.15) is 0 Å². The summed E-state index contributed by atoms with van der Waals surface area (Å²) in [6.45, 7) is 0.766. The van der Waals surface area contributed by atoms with Crippen LogP contribution < -0.4 is 10.6 Å². The van der Waals surface area contributed by atoms with Crippen LogP contribution >= 0.6 is 19.7 Å². The molecule has 2 rings (SSSR count). The first-order valence-electron chi connectivity index (χ1n) is 6.51. The summed E-state index contributed by atoms with van der Waals surface area (Å²) in [4.78, 5) is 0. The van der Waals surface area contributed by atoms with E-state index in [2.05, 4.69) is 48.5 Å². The lowest BCUT2D eigenvalue weighted by atomic mass is 10.4. The number of hydrogen-bond acceptors (Lipinski definition) is 1. The minimum absolute atomic E-state index is 0.706. The molecule has 0 bridgehead atoms. The molecule has 0 radical (unpaired) electrons. The molecule has 0 aliphatic heterocycles. The normalized spacial score (nSPS) is 10.8. The van der Waals surface area contributed by atoms with Gasteiger partial charge in [-0.05, 0) is 12.8 Å². The number of alkyl halides is 1. The summed E-state index contributed by atoms with van der Waals surface area (Å²) in [7, 11) is -0.711. The van der Waals surface area contributed by atoms with Crippen molar-refractivity contribution in [3.05, 3.63) is 60.7 Å². The van der Waals surface area contributed by atoms with Crippen LogP contribution in [0.1, 0.15) is 12.8 Å². The van der Waals surface area contributed by atoms with E-state index in [-0.39, 0.29) is 0 Å². The average Bonchev–Trinajstić information content (AvgIpc) is 2.49. The Hall–Kier alpha value is -0.880. The molecular weight excluding hydrogens is 275 g/mol. The molecule has 0 spiro atoms. The van der Waals surface area contributed by atoms with Crippen LogP contribution in [-0.2, 0) is 4.52 Å². The molecule has 0 saturated carbocycles. The van der Waals surface area contributed by atoms with E-state index in [1.807, 2.05) is 12.1 Å². The van der Waals surface area contributed by atoms with E-state index in [1.54, 1.807) is 0 Å². The Bertz CT molecular complexity index is 421. The lowest BCUT2D eigenvalue weighted by molar-refractivity contribution is 0.351. The minimum atomic E-state index is -0.711. The standard InChI is InChI=1S/C16H18ClOP/c17-13-7-8-14-18-19(15-9-3-1-4-10-15)16-11-5-2-6-12-16/h1-6,9-12H,7-8,13-14H2. The first-order chi connectivity index (χ1) is 9.42. The van der Waals surface area contributed by atoms with Crippen molar-refractivity contribution in [3.63, 3.8) is 0 Å². The highest BCUT2D eigenvalue weighted by Gasteiger charge is 2.14. The van der Waals surface area contributed by atoms with Crippen molar-refractivity contribution in [2.75, 3.05) is 12.5 Å². The summed E-state index contributed by atoms with van der Waals surface area (Å²) < 4.78 is 6.12. The average molecular weight is 293 g/mol. The topological polar surface area (TPSA) is 9.23 Å². The third-order valence-electron chi connectivity index (χ3n) is 2.73. The summed E-state index contributed by atoms with van der Waals surface area (Å²) in [5.41, 5.74) is 0. The highest BCUT2D eigenvalue weighted by atomic mass is 35.5. The predicted octanol–water partition coefficient (Wildman–Crippen LogP) is 4.07. The van der Waals surface area contributed by atoms with Crippen LogP contribution in [0.25, 0.3) is 0 Å². The van der Waals surface area contributed by atoms with Crippen LogP contribution in [0.4, 0.5) is 0 Å². The van der Waals surface area contributed by atoms with Crippen LogP contribution in [0.15, 0.2) is 60.7 Å². The Kier molecular flexibility index (Phi) is 6.36. The molecule has 2 aromatic rings. The molecule has 0 amide bonds. The van der Waals surface area contributed by atoms with Crippen molar-refractivity contribution < 1.29 is 4.52 Å². The second-order valence-electron chi connectivity index (χ2n) is 4.19. The Morgan fingerprint density at radius 2 is 1.32 bits per heavy atom. The quantitative estimate of drug-likeness (QED) is 0.425. The molecule has 0 unspecified atom stereocenters. The van der Waals surface area contributed by atoms with Gasteiger partial charge in [-0.3, -0.25) is 0 Å². The molecule has 0 aliphatic rings. The fourth-order valence-electron chi connectivity index (χ4n) is 1.78. The molecule has 0 N–H and O–H groups in total. The van der Waals surface area contributed by atoms with Gasteiger partial charge in [0, 0.05) is 16.5 Å². The molecule has 0 atom stereocenters. The molecule has 0 heterocycles. The van der Waals surface area contributed by atoms with Crippen molar-refractivity contribution in [2.45, 2.75) is 12.8 Å². The van der Waals surface area contributed by atoms with Crippen LogP contribution in [0.2, 0.25) is 0 Å². The van der Waals surface area contributed by atoms with E-state index in [1.165, 1.54) is 10.6 Å². The van der Waals surface area contributed by atoms with Crippen molar-refractivity contribution in [3.8, 4) is 0 Å². The van der Waals surface area contributed by atoms with E-state index in [4.69, 9.17) is 16.1 Å². The third kappa shape index (κ3) is 4.62. The number of rotatable bonds is 7. The summed E-state index contributed by atoms with van der Waals surface area (Å²) in [5.74, 6) is 0.706.